The number of hydrogen-bond donors (Lipinski definition) is 0. The van der Waals surface area contributed by atoms with Crippen molar-refractivity contribution in [3.05, 3.63) is 198 Å². The van der Waals surface area contributed by atoms with Crippen LogP contribution in [-0.2, 0) is 33.0 Å². The Morgan fingerprint density at radius 3 is 1.71 bits per heavy atom. The lowest BCUT2D eigenvalue weighted by Crippen LogP contribution is -2.48. The van der Waals surface area contributed by atoms with E-state index in [0.717, 1.165) is 57.3 Å². The standard InChI is InChI=1S/C50H49N5O3/c1-4-5-30-46(56)54(47(37(2)3)49(57)58-36-39-20-10-6-11-21-39)35-38-31-33-40(34-32-38)44-28-18-19-29-45(44)48-51-53-55(52-48)50(41-22-12-7-13-23-41,42-24-14-8-15-25-42)43-26-16-9-17-27-43/h6-29,31-34,37,47H,4-5,30,35-36H2,1-3H3/t47-/m0/s1. The maximum absolute atomic E-state index is 13.8. The molecule has 0 spiro atoms. The minimum atomic E-state index is -0.895. The molecule has 58 heavy (non-hydrogen) atoms. The lowest BCUT2D eigenvalue weighted by Gasteiger charge is -2.34. The monoisotopic (exact) mass is 767 g/mol. The second-order valence-corrected chi connectivity index (χ2v) is 14.9. The fourth-order valence-corrected chi connectivity index (χ4v) is 7.65. The largest absolute Gasteiger partial charge is 0.459 e. The summed E-state index contributed by atoms with van der Waals surface area (Å²) < 4.78 is 5.80. The van der Waals surface area contributed by atoms with E-state index in [9.17, 15) is 9.59 Å². The quantitative estimate of drug-likeness (QED) is 0.0719. The van der Waals surface area contributed by atoms with Gasteiger partial charge >= 0.3 is 5.97 Å². The van der Waals surface area contributed by atoms with E-state index in [1.54, 1.807) is 9.70 Å². The van der Waals surface area contributed by atoms with Gasteiger partial charge in [0, 0.05) is 18.5 Å². The Bertz CT molecular complexity index is 2280. The van der Waals surface area contributed by atoms with Crippen LogP contribution in [0.2, 0.25) is 0 Å². The van der Waals surface area contributed by atoms with Crippen LogP contribution < -0.4 is 0 Å². The zero-order valence-electron chi connectivity index (χ0n) is 33.3. The van der Waals surface area contributed by atoms with E-state index in [1.165, 1.54) is 0 Å². The third-order valence-corrected chi connectivity index (χ3v) is 10.6. The molecule has 292 valence electrons. The smallest absolute Gasteiger partial charge is 0.329 e. The van der Waals surface area contributed by atoms with Crippen molar-refractivity contribution in [2.24, 2.45) is 5.92 Å². The van der Waals surface area contributed by atoms with Crippen LogP contribution in [0.4, 0.5) is 0 Å². The van der Waals surface area contributed by atoms with Gasteiger partial charge < -0.3 is 9.64 Å². The Morgan fingerprint density at radius 1 is 0.655 bits per heavy atom. The number of rotatable bonds is 16. The molecule has 8 nitrogen and oxygen atoms in total. The summed E-state index contributed by atoms with van der Waals surface area (Å²) in [6, 6.07) is 56.0. The van der Waals surface area contributed by atoms with Crippen LogP contribution in [0.1, 0.15) is 67.9 Å². The number of unbranched alkanes of at least 4 members (excludes halogenated alkanes) is 1. The average molecular weight is 768 g/mol. The number of tetrazole rings is 1. The average Bonchev–Trinajstić information content (AvgIpc) is 3.77. The molecule has 1 amide bonds. The lowest BCUT2D eigenvalue weighted by molar-refractivity contribution is -0.159. The zero-order chi connectivity index (χ0) is 40.3. The maximum atomic E-state index is 13.8. The Labute approximate surface area is 341 Å². The summed E-state index contributed by atoms with van der Waals surface area (Å²) >= 11 is 0. The van der Waals surface area contributed by atoms with Crippen molar-refractivity contribution in [2.45, 2.75) is 64.8 Å². The Hall–Kier alpha value is -6.67. The van der Waals surface area contributed by atoms with Gasteiger partial charge in [0.25, 0.3) is 0 Å². The molecule has 1 atom stereocenters. The minimum absolute atomic E-state index is 0.0571. The second kappa shape index (κ2) is 18.5. The molecule has 1 heterocycles. The normalized spacial score (nSPS) is 11.9. The fourth-order valence-electron chi connectivity index (χ4n) is 7.65. The zero-order valence-corrected chi connectivity index (χ0v) is 33.3. The van der Waals surface area contributed by atoms with E-state index >= 15 is 0 Å². The van der Waals surface area contributed by atoms with Gasteiger partial charge in [-0.2, -0.15) is 0 Å². The first-order valence-electron chi connectivity index (χ1n) is 20.1. The molecule has 0 saturated heterocycles. The molecule has 8 heteroatoms. The predicted octanol–water partition coefficient (Wildman–Crippen LogP) is 10.1. The van der Waals surface area contributed by atoms with Crippen molar-refractivity contribution in [1.82, 2.24) is 25.1 Å². The highest BCUT2D eigenvalue weighted by molar-refractivity contribution is 5.85. The summed E-state index contributed by atoms with van der Waals surface area (Å²) in [6.07, 6.45) is 1.99. The van der Waals surface area contributed by atoms with Crippen LogP contribution >= 0.6 is 0 Å². The molecule has 0 saturated carbocycles. The van der Waals surface area contributed by atoms with Gasteiger partial charge in [-0.3, -0.25) is 4.79 Å². The number of benzene rings is 6. The molecule has 0 aliphatic carbocycles. The van der Waals surface area contributed by atoms with Crippen LogP contribution in [0.15, 0.2) is 170 Å². The highest BCUT2D eigenvalue weighted by atomic mass is 16.5. The first-order chi connectivity index (χ1) is 28.4. The number of esters is 1. The number of aromatic nitrogens is 4. The number of carbonyl (C=O) groups is 2. The Morgan fingerprint density at radius 2 is 1.17 bits per heavy atom. The number of amides is 1. The molecule has 0 radical (unpaired) electrons. The first-order valence-corrected chi connectivity index (χ1v) is 20.1. The molecule has 0 fully saturated rings. The van der Waals surface area contributed by atoms with E-state index in [0.29, 0.717) is 12.2 Å². The van der Waals surface area contributed by atoms with Gasteiger partial charge in [-0.05, 0) is 56.5 Å². The second-order valence-electron chi connectivity index (χ2n) is 14.9. The van der Waals surface area contributed by atoms with Crippen molar-refractivity contribution in [3.8, 4) is 22.5 Å². The van der Waals surface area contributed by atoms with Crippen LogP contribution in [0, 0.1) is 5.92 Å². The van der Waals surface area contributed by atoms with Gasteiger partial charge in [0.15, 0.2) is 5.54 Å². The van der Waals surface area contributed by atoms with Crippen molar-refractivity contribution >= 4 is 11.9 Å². The summed E-state index contributed by atoms with van der Waals surface area (Å²) in [6.45, 7) is 6.42. The summed E-state index contributed by atoms with van der Waals surface area (Å²) in [5.41, 5.74) is 6.68. The van der Waals surface area contributed by atoms with Crippen LogP contribution in [-0.4, -0.2) is 43.0 Å². The third-order valence-electron chi connectivity index (χ3n) is 10.6. The molecule has 7 rings (SSSR count). The summed E-state index contributed by atoms with van der Waals surface area (Å²) in [5.74, 6) is -0.109. The van der Waals surface area contributed by atoms with E-state index in [-0.39, 0.29) is 25.0 Å². The molecule has 1 aromatic heterocycles. The van der Waals surface area contributed by atoms with Crippen LogP contribution in [0.3, 0.4) is 0 Å². The van der Waals surface area contributed by atoms with Crippen LogP contribution in [0.5, 0.6) is 0 Å². The summed E-state index contributed by atoms with van der Waals surface area (Å²) in [4.78, 5) is 30.9. The lowest BCUT2D eigenvalue weighted by atomic mass is 9.77. The summed E-state index contributed by atoms with van der Waals surface area (Å²) in [7, 11) is 0. The van der Waals surface area contributed by atoms with Gasteiger partial charge in [-0.1, -0.05) is 197 Å². The van der Waals surface area contributed by atoms with Crippen LogP contribution in [0.25, 0.3) is 22.5 Å². The van der Waals surface area contributed by atoms with Crippen molar-refractivity contribution < 1.29 is 14.3 Å². The predicted molar refractivity (Wildman–Crippen MR) is 228 cm³/mol. The van der Waals surface area contributed by atoms with E-state index < -0.39 is 17.6 Å². The number of carbonyl (C=O) groups excluding carboxylic acids is 2. The van der Waals surface area contributed by atoms with Crippen molar-refractivity contribution in [3.63, 3.8) is 0 Å². The minimum Gasteiger partial charge on any atom is -0.459 e. The first kappa shape index (κ1) is 39.6. The molecule has 0 aliphatic heterocycles. The molecular weight excluding hydrogens is 719 g/mol. The van der Waals surface area contributed by atoms with Crippen molar-refractivity contribution in [1.29, 1.82) is 0 Å². The molecule has 0 unspecified atom stereocenters. The number of ether oxygens (including phenoxy) is 1. The van der Waals surface area contributed by atoms with Gasteiger partial charge in [0.1, 0.15) is 12.6 Å². The van der Waals surface area contributed by atoms with E-state index in [2.05, 4.69) is 49.4 Å². The molecule has 6 aromatic carbocycles. The Balaban J connectivity index is 1.21. The summed E-state index contributed by atoms with van der Waals surface area (Å²) in [5, 5.41) is 14.6. The Kier molecular flexibility index (Phi) is 12.6. The molecule has 0 aliphatic rings. The molecular formula is C50H49N5O3. The topological polar surface area (TPSA) is 90.2 Å². The van der Waals surface area contributed by atoms with E-state index in [1.807, 2.05) is 141 Å². The SMILES string of the molecule is CCCCC(=O)N(Cc1ccc(-c2ccccc2-c2nnn(C(c3ccccc3)(c3ccccc3)c3ccccc3)n2)cc1)[C@H](C(=O)OCc1ccccc1)C(C)C. The van der Waals surface area contributed by atoms with Gasteiger partial charge in [0.2, 0.25) is 11.7 Å². The fraction of sp³-hybridized carbons (Fsp3) is 0.220. The third kappa shape index (κ3) is 8.51. The van der Waals surface area contributed by atoms with Gasteiger partial charge in [0.05, 0.1) is 0 Å². The highest BCUT2D eigenvalue weighted by Crippen LogP contribution is 2.40. The van der Waals surface area contributed by atoms with Gasteiger partial charge in [-0.15, -0.1) is 15.0 Å². The number of nitrogens with zero attached hydrogens (tertiary/aromatic N) is 5. The molecule has 0 N–H and O–H groups in total. The number of hydrogen-bond acceptors (Lipinski definition) is 6. The van der Waals surface area contributed by atoms with Gasteiger partial charge in [-0.25, -0.2) is 4.79 Å². The van der Waals surface area contributed by atoms with Crippen molar-refractivity contribution in [2.75, 3.05) is 0 Å². The maximum Gasteiger partial charge on any atom is 0.329 e. The highest BCUT2D eigenvalue weighted by Gasteiger charge is 2.41. The molecule has 7 aromatic rings. The van der Waals surface area contributed by atoms with E-state index in [4.69, 9.17) is 20.1 Å². The molecule has 0 bridgehead atoms.